The molecule has 0 amide bonds. The molecule has 2 rings (SSSR count). The van der Waals surface area contributed by atoms with Crippen LogP contribution in [0.3, 0.4) is 0 Å². The second-order valence-corrected chi connectivity index (χ2v) is 5.81. The summed E-state index contributed by atoms with van der Waals surface area (Å²) in [5, 5.41) is 3.48. The fourth-order valence-corrected chi connectivity index (χ4v) is 2.11. The summed E-state index contributed by atoms with van der Waals surface area (Å²) < 4.78 is 6.12. The van der Waals surface area contributed by atoms with Crippen molar-refractivity contribution >= 4 is 5.69 Å². The van der Waals surface area contributed by atoms with Gasteiger partial charge in [-0.2, -0.15) is 0 Å². The molecule has 0 bridgehead atoms. The standard InChI is InChI=1S/C14H21NO/c1-9-6-10(2)13-11(7-9)15-8-12(16-13)14(3,4)5/h6-7,12,15H,8H2,1-5H3. The van der Waals surface area contributed by atoms with E-state index >= 15 is 0 Å². The van der Waals surface area contributed by atoms with Crippen molar-refractivity contribution in [1.82, 2.24) is 0 Å². The molecule has 0 fully saturated rings. The topological polar surface area (TPSA) is 21.3 Å². The summed E-state index contributed by atoms with van der Waals surface area (Å²) in [5.74, 6) is 1.02. The number of benzene rings is 1. The van der Waals surface area contributed by atoms with Crippen LogP contribution in [-0.2, 0) is 0 Å². The van der Waals surface area contributed by atoms with E-state index in [9.17, 15) is 0 Å². The number of rotatable bonds is 0. The fraction of sp³-hybridized carbons (Fsp3) is 0.571. The van der Waals surface area contributed by atoms with Gasteiger partial charge in [-0.15, -0.1) is 0 Å². The Morgan fingerprint density at radius 2 is 1.94 bits per heavy atom. The highest BCUT2D eigenvalue weighted by molar-refractivity contribution is 5.63. The van der Waals surface area contributed by atoms with Crippen molar-refractivity contribution in [2.24, 2.45) is 5.41 Å². The molecule has 1 aliphatic rings. The lowest BCUT2D eigenvalue weighted by molar-refractivity contribution is 0.0914. The molecule has 1 aliphatic heterocycles. The van der Waals surface area contributed by atoms with E-state index in [-0.39, 0.29) is 11.5 Å². The Labute approximate surface area is 98.0 Å². The van der Waals surface area contributed by atoms with Crippen LogP contribution in [0.5, 0.6) is 5.75 Å². The highest BCUT2D eigenvalue weighted by Gasteiger charge is 2.30. The van der Waals surface area contributed by atoms with Crippen LogP contribution in [0.2, 0.25) is 0 Å². The monoisotopic (exact) mass is 219 g/mol. The first-order valence-corrected chi connectivity index (χ1v) is 5.90. The van der Waals surface area contributed by atoms with Crippen LogP contribution in [0.25, 0.3) is 0 Å². The first-order valence-electron chi connectivity index (χ1n) is 5.90. The van der Waals surface area contributed by atoms with Crippen LogP contribution in [-0.4, -0.2) is 12.6 Å². The summed E-state index contributed by atoms with van der Waals surface area (Å²) >= 11 is 0. The minimum atomic E-state index is 0.169. The van der Waals surface area contributed by atoms with Crippen LogP contribution < -0.4 is 10.1 Å². The Hall–Kier alpha value is -1.18. The van der Waals surface area contributed by atoms with E-state index in [1.165, 1.54) is 11.1 Å². The molecular formula is C14H21NO. The third-order valence-corrected chi connectivity index (χ3v) is 3.12. The summed E-state index contributed by atoms with van der Waals surface area (Å²) in [6.45, 7) is 11.8. The maximum absolute atomic E-state index is 6.12. The van der Waals surface area contributed by atoms with Crippen molar-refractivity contribution in [3.63, 3.8) is 0 Å². The molecule has 1 heterocycles. The smallest absolute Gasteiger partial charge is 0.145 e. The Balaban J connectivity index is 2.34. The molecule has 0 aliphatic carbocycles. The van der Waals surface area contributed by atoms with Crippen molar-refractivity contribution in [3.05, 3.63) is 23.3 Å². The maximum Gasteiger partial charge on any atom is 0.145 e. The number of nitrogens with one attached hydrogen (secondary N) is 1. The minimum Gasteiger partial charge on any atom is -0.486 e. The number of ether oxygens (including phenoxy) is 1. The van der Waals surface area contributed by atoms with Gasteiger partial charge in [0, 0.05) is 5.41 Å². The van der Waals surface area contributed by atoms with Crippen LogP contribution in [0.1, 0.15) is 31.9 Å². The van der Waals surface area contributed by atoms with Gasteiger partial charge in [-0.25, -0.2) is 0 Å². The summed E-state index contributed by atoms with van der Waals surface area (Å²) in [6.07, 6.45) is 0.237. The molecule has 1 aromatic carbocycles. The first kappa shape index (κ1) is 11.3. The second kappa shape index (κ2) is 3.69. The molecule has 88 valence electrons. The van der Waals surface area contributed by atoms with Crippen molar-refractivity contribution in [2.45, 2.75) is 40.7 Å². The molecule has 0 saturated heterocycles. The van der Waals surface area contributed by atoms with Gasteiger partial charge < -0.3 is 10.1 Å². The third kappa shape index (κ3) is 2.01. The molecule has 0 spiro atoms. The quantitative estimate of drug-likeness (QED) is 0.721. The van der Waals surface area contributed by atoms with Gasteiger partial charge in [0.15, 0.2) is 0 Å². The van der Waals surface area contributed by atoms with E-state index in [1.807, 2.05) is 0 Å². The average molecular weight is 219 g/mol. The summed E-state index contributed by atoms with van der Waals surface area (Å²) in [6, 6.07) is 4.33. The zero-order valence-electron chi connectivity index (χ0n) is 10.8. The highest BCUT2D eigenvalue weighted by atomic mass is 16.5. The molecule has 0 saturated carbocycles. The summed E-state index contributed by atoms with van der Waals surface area (Å²) in [4.78, 5) is 0. The van der Waals surface area contributed by atoms with Crippen molar-refractivity contribution < 1.29 is 4.74 Å². The van der Waals surface area contributed by atoms with Crippen LogP contribution in [0.4, 0.5) is 5.69 Å². The lowest BCUT2D eigenvalue weighted by Gasteiger charge is -2.36. The Morgan fingerprint density at radius 1 is 1.25 bits per heavy atom. The Morgan fingerprint density at radius 3 is 2.56 bits per heavy atom. The first-order chi connectivity index (χ1) is 7.38. The zero-order valence-corrected chi connectivity index (χ0v) is 10.8. The largest absolute Gasteiger partial charge is 0.486 e. The van der Waals surface area contributed by atoms with Gasteiger partial charge in [-0.1, -0.05) is 26.8 Å². The van der Waals surface area contributed by atoms with Gasteiger partial charge in [0.05, 0.1) is 12.2 Å². The Bertz CT molecular complexity index is 404. The molecule has 1 aromatic rings. The lowest BCUT2D eigenvalue weighted by Crippen LogP contribution is -2.41. The van der Waals surface area contributed by atoms with E-state index in [2.05, 4.69) is 52.1 Å². The van der Waals surface area contributed by atoms with E-state index in [0.717, 1.165) is 18.0 Å². The van der Waals surface area contributed by atoms with Crippen molar-refractivity contribution in [1.29, 1.82) is 0 Å². The SMILES string of the molecule is Cc1cc(C)c2c(c1)NCC(C(C)(C)C)O2. The van der Waals surface area contributed by atoms with Gasteiger partial charge in [0.25, 0.3) is 0 Å². The van der Waals surface area contributed by atoms with Gasteiger partial charge in [0.1, 0.15) is 11.9 Å². The molecule has 0 aromatic heterocycles. The molecular weight excluding hydrogens is 198 g/mol. The van der Waals surface area contributed by atoms with Gasteiger partial charge in [0.2, 0.25) is 0 Å². The second-order valence-electron chi connectivity index (χ2n) is 5.81. The Kier molecular flexibility index (Phi) is 2.61. The number of fused-ring (bicyclic) bond motifs is 1. The number of anilines is 1. The van der Waals surface area contributed by atoms with Gasteiger partial charge in [-0.3, -0.25) is 0 Å². The van der Waals surface area contributed by atoms with Gasteiger partial charge >= 0.3 is 0 Å². The molecule has 1 atom stereocenters. The lowest BCUT2D eigenvalue weighted by atomic mass is 9.88. The molecule has 1 unspecified atom stereocenters. The predicted molar refractivity (Wildman–Crippen MR) is 68.3 cm³/mol. The number of hydrogen-bond acceptors (Lipinski definition) is 2. The zero-order chi connectivity index (χ0) is 11.9. The molecule has 2 heteroatoms. The molecule has 16 heavy (non-hydrogen) atoms. The van der Waals surface area contributed by atoms with Crippen molar-refractivity contribution in [3.8, 4) is 5.75 Å². The van der Waals surface area contributed by atoms with Crippen LogP contribution in [0.15, 0.2) is 12.1 Å². The minimum absolute atomic E-state index is 0.169. The third-order valence-electron chi connectivity index (χ3n) is 3.12. The molecule has 2 nitrogen and oxygen atoms in total. The van der Waals surface area contributed by atoms with E-state index < -0.39 is 0 Å². The van der Waals surface area contributed by atoms with Crippen molar-refractivity contribution in [2.75, 3.05) is 11.9 Å². The molecule has 1 N–H and O–H groups in total. The predicted octanol–water partition coefficient (Wildman–Crippen LogP) is 3.52. The van der Waals surface area contributed by atoms with E-state index in [4.69, 9.17) is 4.74 Å². The van der Waals surface area contributed by atoms with Gasteiger partial charge in [-0.05, 0) is 31.0 Å². The van der Waals surface area contributed by atoms with E-state index in [0.29, 0.717) is 0 Å². The van der Waals surface area contributed by atoms with Crippen LogP contribution >= 0.6 is 0 Å². The maximum atomic E-state index is 6.12. The fourth-order valence-electron chi connectivity index (χ4n) is 2.11. The number of hydrogen-bond donors (Lipinski definition) is 1. The molecule has 0 radical (unpaired) electrons. The normalized spacial score (nSPS) is 19.7. The summed E-state index contributed by atoms with van der Waals surface area (Å²) in [7, 11) is 0. The number of aryl methyl sites for hydroxylation is 2. The van der Waals surface area contributed by atoms with Crippen LogP contribution in [0, 0.1) is 19.3 Å². The highest BCUT2D eigenvalue weighted by Crippen LogP contribution is 2.37. The van der Waals surface area contributed by atoms with E-state index in [1.54, 1.807) is 0 Å². The average Bonchev–Trinajstić information content (AvgIpc) is 2.15. The summed E-state index contributed by atoms with van der Waals surface area (Å²) in [5.41, 5.74) is 3.80.